The Bertz CT molecular complexity index is 385. The molecule has 0 aromatic rings. The molecule has 1 aliphatic heterocycles. The summed E-state index contributed by atoms with van der Waals surface area (Å²) in [4.78, 5) is 16.7. The lowest BCUT2D eigenvalue weighted by molar-refractivity contribution is 0.126. The number of allylic oxidation sites excluding steroid dienone is 1. The van der Waals surface area contributed by atoms with Crippen molar-refractivity contribution in [1.82, 2.24) is 9.80 Å². The van der Waals surface area contributed by atoms with E-state index >= 15 is 0 Å². The first-order chi connectivity index (χ1) is 8.55. The van der Waals surface area contributed by atoms with Gasteiger partial charge in [0, 0.05) is 11.1 Å². The number of carbonyl (C=O) groups is 1. The Hall–Kier alpha value is -1.25. The number of rotatable bonds is 2. The molecule has 0 aliphatic carbocycles. The second kappa shape index (κ2) is 5.03. The average Bonchev–Trinajstić information content (AvgIpc) is 2.49. The van der Waals surface area contributed by atoms with E-state index in [1.165, 1.54) is 0 Å². The maximum absolute atomic E-state index is 12.8. The molecule has 0 radical (unpaired) electrons. The van der Waals surface area contributed by atoms with Crippen LogP contribution in [0.25, 0.3) is 0 Å². The maximum atomic E-state index is 12.8. The molecule has 2 amide bonds. The molecule has 108 valence electrons. The highest BCUT2D eigenvalue weighted by molar-refractivity contribution is 5.80. The van der Waals surface area contributed by atoms with Crippen LogP contribution < -0.4 is 0 Å². The number of nitrogens with zero attached hydrogens (tertiary/aromatic N) is 2. The van der Waals surface area contributed by atoms with E-state index in [1.807, 2.05) is 28.9 Å². The van der Waals surface area contributed by atoms with Crippen LogP contribution in [0, 0.1) is 0 Å². The molecule has 1 rings (SSSR count). The minimum absolute atomic E-state index is 0.0166. The van der Waals surface area contributed by atoms with E-state index in [4.69, 9.17) is 0 Å². The molecular formula is C16H28N2O. The van der Waals surface area contributed by atoms with Gasteiger partial charge in [-0.1, -0.05) is 18.2 Å². The quantitative estimate of drug-likeness (QED) is 0.695. The Morgan fingerprint density at radius 1 is 1.00 bits per heavy atom. The van der Waals surface area contributed by atoms with Gasteiger partial charge < -0.3 is 9.80 Å². The third-order valence-electron chi connectivity index (χ3n) is 3.43. The van der Waals surface area contributed by atoms with Gasteiger partial charge in [0.2, 0.25) is 0 Å². The molecule has 0 unspecified atom stereocenters. The third kappa shape index (κ3) is 2.85. The van der Waals surface area contributed by atoms with Crippen LogP contribution in [0.15, 0.2) is 24.8 Å². The van der Waals surface area contributed by atoms with Gasteiger partial charge in [-0.3, -0.25) is 0 Å². The molecule has 1 fully saturated rings. The molecule has 3 nitrogen and oxygen atoms in total. The molecule has 1 aliphatic rings. The summed E-state index contributed by atoms with van der Waals surface area (Å²) in [7, 11) is 0. The molecule has 0 saturated carbocycles. The molecule has 0 aromatic carbocycles. The van der Waals surface area contributed by atoms with Crippen molar-refractivity contribution in [2.75, 3.05) is 0 Å². The van der Waals surface area contributed by atoms with E-state index in [1.54, 1.807) is 0 Å². The smallest absolute Gasteiger partial charge is 0.311 e. The predicted molar refractivity (Wildman–Crippen MR) is 81.2 cm³/mol. The summed E-state index contributed by atoms with van der Waals surface area (Å²) in [6.07, 6.45) is 6.00. The lowest BCUT2D eigenvalue weighted by Gasteiger charge is -2.36. The summed E-state index contributed by atoms with van der Waals surface area (Å²) in [5.41, 5.74) is -0.418. The first kappa shape index (κ1) is 15.8. The monoisotopic (exact) mass is 264 g/mol. The topological polar surface area (TPSA) is 23.6 Å². The minimum atomic E-state index is -0.213. The molecule has 19 heavy (non-hydrogen) atoms. The lowest BCUT2D eigenvalue weighted by atomic mass is 9.98. The number of hydrogen-bond acceptors (Lipinski definition) is 1. The highest BCUT2D eigenvalue weighted by Gasteiger charge is 2.50. The van der Waals surface area contributed by atoms with Gasteiger partial charge in [-0.25, -0.2) is 4.79 Å². The van der Waals surface area contributed by atoms with Crippen LogP contribution in [-0.2, 0) is 0 Å². The zero-order valence-corrected chi connectivity index (χ0v) is 13.4. The number of carbonyl (C=O) groups excluding carboxylic acids is 1. The van der Waals surface area contributed by atoms with Crippen molar-refractivity contribution in [2.45, 2.75) is 71.6 Å². The van der Waals surface area contributed by atoms with E-state index in [2.05, 4.69) is 54.2 Å². The van der Waals surface area contributed by atoms with Crippen LogP contribution in [-0.4, -0.2) is 39.0 Å². The van der Waals surface area contributed by atoms with E-state index < -0.39 is 0 Å². The number of urea groups is 1. The van der Waals surface area contributed by atoms with Gasteiger partial charge >= 0.3 is 6.03 Å². The number of amides is 2. The molecule has 0 aromatic heterocycles. The fourth-order valence-corrected chi connectivity index (χ4v) is 2.79. The van der Waals surface area contributed by atoms with E-state index in [-0.39, 0.29) is 29.2 Å². The molecule has 0 N–H and O–H groups in total. The van der Waals surface area contributed by atoms with E-state index in [9.17, 15) is 4.79 Å². The Balaban J connectivity index is 3.34. The summed E-state index contributed by atoms with van der Waals surface area (Å²) < 4.78 is 0. The highest BCUT2D eigenvalue weighted by Crippen LogP contribution is 2.36. The van der Waals surface area contributed by atoms with Crippen molar-refractivity contribution in [3.8, 4) is 0 Å². The van der Waals surface area contributed by atoms with Crippen LogP contribution in [0.2, 0.25) is 0 Å². The fraction of sp³-hybridized carbons (Fsp3) is 0.688. The first-order valence-electron chi connectivity index (χ1n) is 6.93. The minimum Gasteiger partial charge on any atom is -0.311 e. The van der Waals surface area contributed by atoms with Crippen LogP contribution in [0.3, 0.4) is 0 Å². The lowest BCUT2D eigenvalue weighted by Crippen LogP contribution is -2.50. The molecule has 0 spiro atoms. The zero-order chi connectivity index (χ0) is 15.0. The molecule has 0 bridgehead atoms. The van der Waals surface area contributed by atoms with Gasteiger partial charge in [0.05, 0.1) is 12.1 Å². The van der Waals surface area contributed by atoms with Crippen molar-refractivity contribution in [1.29, 1.82) is 0 Å². The summed E-state index contributed by atoms with van der Waals surface area (Å²) in [6.45, 7) is 18.4. The van der Waals surface area contributed by atoms with Crippen molar-refractivity contribution < 1.29 is 4.79 Å². The molecule has 2 atom stereocenters. The zero-order valence-electron chi connectivity index (χ0n) is 13.4. The van der Waals surface area contributed by atoms with E-state index in [0.717, 1.165) is 0 Å². The van der Waals surface area contributed by atoms with Crippen molar-refractivity contribution >= 4 is 6.03 Å². The van der Waals surface area contributed by atoms with Crippen molar-refractivity contribution in [3.63, 3.8) is 0 Å². The molecule has 1 heterocycles. The molecule has 1 saturated heterocycles. The van der Waals surface area contributed by atoms with Gasteiger partial charge in [-0.15, -0.1) is 6.58 Å². The van der Waals surface area contributed by atoms with Gasteiger partial charge in [0.25, 0.3) is 0 Å². The van der Waals surface area contributed by atoms with Gasteiger partial charge in [-0.05, 0) is 48.5 Å². The molecule has 3 heteroatoms. The van der Waals surface area contributed by atoms with Gasteiger partial charge in [0.15, 0.2) is 0 Å². The van der Waals surface area contributed by atoms with Gasteiger partial charge in [0.1, 0.15) is 0 Å². The Morgan fingerprint density at radius 2 is 1.42 bits per heavy atom. The maximum Gasteiger partial charge on any atom is 0.322 e. The van der Waals surface area contributed by atoms with E-state index in [0.29, 0.717) is 0 Å². The number of hydrogen-bond donors (Lipinski definition) is 0. The Labute approximate surface area is 118 Å². The van der Waals surface area contributed by atoms with Gasteiger partial charge in [-0.2, -0.15) is 0 Å². The molecular weight excluding hydrogens is 236 g/mol. The second-order valence-corrected chi connectivity index (χ2v) is 7.11. The van der Waals surface area contributed by atoms with Crippen LogP contribution in [0.4, 0.5) is 4.79 Å². The van der Waals surface area contributed by atoms with Crippen molar-refractivity contribution in [3.05, 3.63) is 24.8 Å². The predicted octanol–water partition coefficient (Wildman–Crippen LogP) is 3.82. The highest BCUT2D eigenvalue weighted by atomic mass is 16.2. The van der Waals surface area contributed by atoms with Crippen LogP contribution >= 0.6 is 0 Å². The van der Waals surface area contributed by atoms with Crippen molar-refractivity contribution in [2.24, 2.45) is 0 Å². The largest absolute Gasteiger partial charge is 0.322 e. The first-order valence-corrected chi connectivity index (χ1v) is 6.93. The average molecular weight is 264 g/mol. The summed E-state index contributed by atoms with van der Waals surface area (Å²) in [5, 5.41) is 0. The normalized spacial score (nSPS) is 25.5. The summed E-state index contributed by atoms with van der Waals surface area (Å²) in [6, 6.07) is 0.158. The fourth-order valence-electron chi connectivity index (χ4n) is 2.79. The SMILES string of the molecule is C=C[C@@H]1[C@@H](/C=C/C)N(C(C)(C)C)C(=O)N1C(C)(C)C. The van der Waals surface area contributed by atoms with Crippen LogP contribution in [0.1, 0.15) is 48.5 Å². The third-order valence-corrected chi connectivity index (χ3v) is 3.43. The van der Waals surface area contributed by atoms with Crippen LogP contribution in [0.5, 0.6) is 0 Å². The second-order valence-electron chi connectivity index (χ2n) is 7.11. The standard InChI is InChI=1S/C16H28N2O/c1-9-11-13-12(10-2)17(15(3,4)5)14(19)18(13)16(6,7)8/h9-13H,2H2,1,3-8H3/b11-9+/t12-,13-/m1/s1. The summed E-state index contributed by atoms with van der Waals surface area (Å²) >= 11 is 0. The Kier molecular flexibility index (Phi) is 4.18. The Morgan fingerprint density at radius 3 is 1.74 bits per heavy atom. The summed E-state index contributed by atoms with van der Waals surface area (Å²) in [5.74, 6) is 0.